The number of aryl methyl sites for hydroxylation is 1. The van der Waals surface area contributed by atoms with E-state index in [-0.39, 0.29) is 29.0 Å². The number of benzene rings is 2. The van der Waals surface area contributed by atoms with E-state index in [0.29, 0.717) is 25.2 Å². The summed E-state index contributed by atoms with van der Waals surface area (Å²) in [7, 11) is -3.69. The average Bonchev–Trinajstić information content (AvgIpc) is 3.01. The Hall–Kier alpha value is -2.62. The Labute approximate surface area is 191 Å². The molecule has 2 amide bonds. The summed E-state index contributed by atoms with van der Waals surface area (Å²) >= 11 is 5.77. The summed E-state index contributed by atoms with van der Waals surface area (Å²) in [4.78, 5) is 14.4. The van der Waals surface area contributed by atoms with E-state index in [1.165, 1.54) is 22.5 Å². The van der Waals surface area contributed by atoms with Crippen molar-refractivity contribution < 1.29 is 17.6 Å². The van der Waals surface area contributed by atoms with Gasteiger partial charge in [0.1, 0.15) is 5.82 Å². The second-order valence-electron chi connectivity index (χ2n) is 7.63. The molecule has 0 bridgehead atoms. The quantitative estimate of drug-likeness (QED) is 0.604. The van der Waals surface area contributed by atoms with Crippen LogP contribution in [0.4, 0.5) is 14.9 Å². The fraction of sp³-hybridized carbons (Fsp3) is 0.318. The Morgan fingerprint density at radius 3 is 2.66 bits per heavy atom. The van der Waals surface area contributed by atoms with Crippen molar-refractivity contribution in [1.29, 1.82) is 0 Å². The van der Waals surface area contributed by atoms with Gasteiger partial charge in [-0.2, -0.15) is 4.31 Å². The Balaban J connectivity index is 1.46. The summed E-state index contributed by atoms with van der Waals surface area (Å²) in [5, 5.41) is 3.48. The SMILES string of the molecule is CCn1ccc2cc(S(=O)(=O)N3CCCN(C(=O)Nc4ccc(F)c(Cl)c4)CC3)ccc21. The van der Waals surface area contributed by atoms with Crippen LogP contribution in [0.2, 0.25) is 5.02 Å². The molecule has 2 heterocycles. The minimum Gasteiger partial charge on any atom is -0.348 e. The zero-order chi connectivity index (χ0) is 22.9. The average molecular weight is 479 g/mol. The largest absolute Gasteiger partial charge is 0.348 e. The molecule has 0 aliphatic carbocycles. The highest BCUT2D eigenvalue weighted by Crippen LogP contribution is 2.24. The van der Waals surface area contributed by atoms with Gasteiger partial charge in [-0.1, -0.05) is 11.6 Å². The lowest BCUT2D eigenvalue weighted by Crippen LogP contribution is -2.39. The lowest BCUT2D eigenvalue weighted by molar-refractivity contribution is 0.214. The Kier molecular flexibility index (Phi) is 6.41. The van der Waals surface area contributed by atoms with E-state index < -0.39 is 15.8 Å². The molecule has 3 aromatic rings. The molecule has 0 saturated carbocycles. The number of halogens is 2. The van der Waals surface area contributed by atoms with Crippen LogP contribution in [0.25, 0.3) is 10.9 Å². The topological polar surface area (TPSA) is 74.7 Å². The predicted octanol–water partition coefficient (Wildman–Crippen LogP) is 4.38. The molecular formula is C22H24ClFN4O3S. The lowest BCUT2D eigenvalue weighted by Gasteiger charge is -2.22. The zero-order valence-corrected chi connectivity index (χ0v) is 19.2. The predicted molar refractivity (Wildman–Crippen MR) is 123 cm³/mol. The molecule has 1 aliphatic heterocycles. The molecule has 1 aliphatic rings. The van der Waals surface area contributed by atoms with Gasteiger partial charge in [-0.15, -0.1) is 0 Å². The zero-order valence-electron chi connectivity index (χ0n) is 17.6. The van der Waals surface area contributed by atoms with Crippen molar-refractivity contribution >= 4 is 44.2 Å². The lowest BCUT2D eigenvalue weighted by atomic mass is 10.2. The number of hydrogen-bond donors (Lipinski definition) is 1. The maximum atomic E-state index is 13.3. The van der Waals surface area contributed by atoms with E-state index in [0.717, 1.165) is 17.4 Å². The first-order valence-corrected chi connectivity index (χ1v) is 12.2. The normalized spacial score (nSPS) is 15.7. The van der Waals surface area contributed by atoms with Gasteiger partial charge in [0.05, 0.1) is 9.92 Å². The molecule has 0 atom stereocenters. The number of hydrogen-bond acceptors (Lipinski definition) is 3. The molecule has 1 fully saturated rings. The first-order valence-electron chi connectivity index (χ1n) is 10.4. The number of carbonyl (C=O) groups is 1. The van der Waals surface area contributed by atoms with Crippen molar-refractivity contribution in [3.8, 4) is 0 Å². The molecule has 10 heteroatoms. The van der Waals surface area contributed by atoms with Gasteiger partial charge < -0.3 is 14.8 Å². The molecule has 2 aromatic carbocycles. The van der Waals surface area contributed by atoms with E-state index >= 15 is 0 Å². The maximum absolute atomic E-state index is 13.3. The summed E-state index contributed by atoms with van der Waals surface area (Å²) in [6, 6.07) is 10.6. The van der Waals surface area contributed by atoms with Crippen LogP contribution in [0.1, 0.15) is 13.3 Å². The van der Waals surface area contributed by atoms with E-state index in [2.05, 4.69) is 9.88 Å². The standard InChI is InChI=1S/C22H24ClFN4O3S/c1-2-26-11-8-16-14-18(5-7-21(16)26)32(30,31)28-10-3-9-27(12-13-28)22(29)25-17-4-6-20(24)19(23)15-17/h4-8,11,14-15H,2-3,9-10,12-13H2,1H3,(H,25,29). The summed E-state index contributed by atoms with van der Waals surface area (Å²) in [6.45, 7) is 4.01. The monoisotopic (exact) mass is 478 g/mol. The minimum atomic E-state index is -3.69. The van der Waals surface area contributed by atoms with Gasteiger partial charge in [0, 0.05) is 55.5 Å². The number of aromatic nitrogens is 1. The number of amides is 2. The number of urea groups is 1. The number of nitrogens with zero attached hydrogens (tertiary/aromatic N) is 3. The van der Waals surface area contributed by atoms with Crippen molar-refractivity contribution in [2.75, 3.05) is 31.5 Å². The van der Waals surface area contributed by atoms with Gasteiger partial charge in [0.2, 0.25) is 10.0 Å². The van der Waals surface area contributed by atoms with E-state index in [4.69, 9.17) is 11.6 Å². The molecule has 0 unspecified atom stereocenters. The van der Waals surface area contributed by atoms with Crippen LogP contribution in [-0.2, 0) is 16.6 Å². The summed E-state index contributed by atoms with van der Waals surface area (Å²) in [5.74, 6) is -0.565. The number of nitrogens with one attached hydrogen (secondary N) is 1. The Bertz CT molecular complexity index is 1260. The Morgan fingerprint density at radius 2 is 1.91 bits per heavy atom. The third kappa shape index (κ3) is 4.46. The summed E-state index contributed by atoms with van der Waals surface area (Å²) in [5.41, 5.74) is 1.37. The maximum Gasteiger partial charge on any atom is 0.321 e. The van der Waals surface area contributed by atoms with Crippen LogP contribution in [0.5, 0.6) is 0 Å². The molecule has 0 spiro atoms. The van der Waals surface area contributed by atoms with Crippen LogP contribution in [0.3, 0.4) is 0 Å². The van der Waals surface area contributed by atoms with E-state index in [1.54, 1.807) is 17.0 Å². The highest BCUT2D eigenvalue weighted by Gasteiger charge is 2.28. The van der Waals surface area contributed by atoms with Crippen LogP contribution >= 0.6 is 11.6 Å². The summed E-state index contributed by atoms with van der Waals surface area (Å²) in [6.07, 6.45) is 2.45. The van der Waals surface area contributed by atoms with Crippen molar-refractivity contribution in [1.82, 2.24) is 13.8 Å². The second-order valence-corrected chi connectivity index (χ2v) is 9.97. The minimum absolute atomic E-state index is 0.0813. The molecule has 0 radical (unpaired) electrons. The van der Waals surface area contributed by atoms with Crippen LogP contribution in [-0.4, -0.2) is 54.4 Å². The molecule has 4 rings (SSSR count). The van der Waals surface area contributed by atoms with E-state index in [9.17, 15) is 17.6 Å². The highest BCUT2D eigenvalue weighted by molar-refractivity contribution is 7.89. The van der Waals surface area contributed by atoms with Gasteiger partial charge in [0.25, 0.3) is 0 Å². The van der Waals surface area contributed by atoms with Crippen LogP contribution in [0, 0.1) is 5.82 Å². The van der Waals surface area contributed by atoms with Gasteiger partial charge in [-0.25, -0.2) is 17.6 Å². The van der Waals surface area contributed by atoms with Crippen molar-refractivity contribution in [3.05, 3.63) is 59.5 Å². The fourth-order valence-electron chi connectivity index (χ4n) is 3.88. The number of carbonyl (C=O) groups excluding carboxylic acids is 1. The van der Waals surface area contributed by atoms with Crippen molar-refractivity contribution in [2.45, 2.75) is 24.8 Å². The number of sulfonamides is 1. The van der Waals surface area contributed by atoms with Crippen molar-refractivity contribution in [2.24, 2.45) is 0 Å². The number of rotatable bonds is 4. The highest BCUT2D eigenvalue weighted by atomic mass is 35.5. The van der Waals surface area contributed by atoms with Crippen LogP contribution < -0.4 is 5.32 Å². The third-order valence-corrected chi connectivity index (χ3v) is 7.82. The molecule has 32 heavy (non-hydrogen) atoms. The number of fused-ring (bicyclic) bond motifs is 1. The molecule has 1 aromatic heterocycles. The number of anilines is 1. The molecule has 1 N–H and O–H groups in total. The second kappa shape index (κ2) is 9.09. The van der Waals surface area contributed by atoms with E-state index in [1.807, 2.05) is 25.3 Å². The molecular weight excluding hydrogens is 455 g/mol. The Morgan fingerprint density at radius 1 is 1.09 bits per heavy atom. The van der Waals surface area contributed by atoms with Gasteiger partial charge in [0.15, 0.2) is 0 Å². The first kappa shape index (κ1) is 22.6. The van der Waals surface area contributed by atoms with Gasteiger partial charge in [-0.3, -0.25) is 0 Å². The fourth-order valence-corrected chi connectivity index (χ4v) is 5.56. The third-order valence-electron chi connectivity index (χ3n) is 5.63. The first-order chi connectivity index (χ1) is 15.3. The molecule has 1 saturated heterocycles. The smallest absolute Gasteiger partial charge is 0.321 e. The summed E-state index contributed by atoms with van der Waals surface area (Å²) < 4.78 is 43.3. The van der Waals surface area contributed by atoms with Crippen molar-refractivity contribution in [3.63, 3.8) is 0 Å². The van der Waals surface area contributed by atoms with Crippen LogP contribution in [0.15, 0.2) is 53.6 Å². The molecule has 7 nitrogen and oxygen atoms in total. The molecule has 170 valence electrons. The van der Waals surface area contributed by atoms with Gasteiger partial charge in [-0.05, 0) is 55.8 Å². The van der Waals surface area contributed by atoms with Gasteiger partial charge >= 0.3 is 6.03 Å².